The standard InChI is InChI=1S/C4H6BN3O/c1-2-6-4-3(5)7-9-8-4/h2H,5H2,1H3/b6-2+. The molecule has 1 aromatic rings. The summed E-state index contributed by atoms with van der Waals surface area (Å²) in [7, 11) is 1.79. The zero-order chi connectivity index (χ0) is 6.69. The predicted molar refractivity (Wildman–Crippen MR) is 36.3 cm³/mol. The van der Waals surface area contributed by atoms with Gasteiger partial charge in [0, 0.05) is 6.21 Å². The summed E-state index contributed by atoms with van der Waals surface area (Å²) in [6, 6.07) is 0. The van der Waals surface area contributed by atoms with Crippen molar-refractivity contribution >= 4 is 25.5 Å². The van der Waals surface area contributed by atoms with Gasteiger partial charge < -0.3 is 0 Å². The van der Waals surface area contributed by atoms with Gasteiger partial charge in [-0.05, 0) is 12.1 Å². The molecule has 0 spiro atoms. The predicted octanol–water partition coefficient (Wildman–Crippen LogP) is -0.950. The van der Waals surface area contributed by atoms with Gasteiger partial charge in [-0.25, -0.2) is 9.62 Å². The quantitative estimate of drug-likeness (QED) is 0.357. The molecule has 0 saturated carbocycles. The second-order valence-electron chi connectivity index (χ2n) is 1.56. The third kappa shape index (κ3) is 1.16. The van der Waals surface area contributed by atoms with Crippen LogP contribution in [0.15, 0.2) is 9.62 Å². The maximum atomic E-state index is 4.38. The summed E-state index contributed by atoms with van der Waals surface area (Å²) in [5.41, 5.74) is 0.716. The van der Waals surface area contributed by atoms with Crippen molar-refractivity contribution in [1.29, 1.82) is 0 Å². The first-order valence-electron chi connectivity index (χ1n) is 2.62. The van der Waals surface area contributed by atoms with Crippen molar-refractivity contribution in [1.82, 2.24) is 10.3 Å². The molecule has 46 valence electrons. The molecule has 0 aliphatic carbocycles. The van der Waals surface area contributed by atoms with Crippen molar-refractivity contribution in [2.45, 2.75) is 6.92 Å². The average Bonchev–Trinajstić information content (AvgIpc) is 2.18. The molecule has 0 aliphatic heterocycles. The summed E-state index contributed by atoms with van der Waals surface area (Å²) in [6.07, 6.45) is 1.65. The molecule has 0 N–H and O–H groups in total. The molecule has 0 aromatic carbocycles. The summed E-state index contributed by atoms with van der Waals surface area (Å²) in [4.78, 5) is 3.87. The van der Waals surface area contributed by atoms with Crippen LogP contribution in [-0.2, 0) is 0 Å². The maximum absolute atomic E-state index is 4.38. The lowest BCUT2D eigenvalue weighted by Crippen LogP contribution is -2.01. The van der Waals surface area contributed by atoms with Crippen LogP contribution in [0.5, 0.6) is 0 Å². The Bertz CT molecular complexity index is 219. The molecule has 0 unspecified atom stereocenters. The molecule has 0 amide bonds. The SMILES string of the molecule is Bc1nonc1/N=C/C. The van der Waals surface area contributed by atoms with Crippen molar-refractivity contribution in [3.8, 4) is 0 Å². The number of hydrogen-bond donors (Lipinski definition) is 0. The summed E-state index contributed by atoms with van der Waals surface area (Å²) < 4.78 is 4.38. The van der Waals surface area contributed by atoms with Crippen LogP contribution in [0.25, 0.3) is 0 Å². The van der Waals surface area contributed by atoms with Crippen LogP contribution in [0.4, 0.5) is 5.82 Å². The minimum absolute atomic E-state index is 0.553. The normalized spacial score (nSPS) is 10.8. The molecule has 0 radical (unpaired) electrons. The monoisotopic (exact) mass is 123 g/mol. The minimum Gasteiger partial charge on any atom is -0.243 e. The third-order valence-corrected chi connectivity index (χ3v) is 0.880. The second kappa shape index (κ2) is 2.43. The Kier molecular flexibility index (Phi) is 1.62. The first-order valence-corrected chi connectivity index (χ1v) is 2.62. The van der Waals surface area contributed by atoms with Gasteiger partial charge in [0.25, 0.3) is 0 Å². The van der Waals surface area contributed by atoms with E-state index in [1.807, 2.05) is 6.92 Å². The molecule has 0 aliphatic rings. The number of rotatable bonds is 1. The Balaban J connectivity index is 2.94. The van der Waals surface area contributed by atoms with Gasteiger partial charge in [0.05, 0.1) is 5.59 Å². The molecular weight excluding hydrogens is 117 g/mol. The van der Waals surface area contributed by atoms with Crippen molar-refractivity contribution in [3.63, 3.8) is 0 Å². The van der Waals surface area contributed by atoms with Gasteiger partial charge in [-0.2, -0.15) is 0 Å². The first kappa shape index (κ1) is 6.00. The zero-order valence-corrected chi connectivity index (χ0v) is 5.33. The van der Waals surface area contributed by atoms with Crippen LogP contribution in [0.2, 0.25) is 0 Å². The van der Waals surface area contributed by atoms with Crippen LogP contribution in [-0.4, -0.2) is 24.4 Å². The van der Waals surface area contributed by atoms with E-state index in [0.717, 1.165) is 0 Å². The lowest BCUT2D eigenvalue weighted by molar-refractivity contribution is 0.311. The number of aliphatic imine (C=N–C) groups is 1. The molecule has 9 heavy (non-hydrogen) atoms. The van der Waals surface area contributed by atoms with Crippen LogP contribution in [0.3, 0.4) is 0 Å². The van der Waals surface area contributed by atoms with E-state index in [0.29, 0.717) is 11.4 Å². The van der Waals surface area contributed by atoms with E-state index in [1.54, 1.807) is 14.1 Å². The van der Waals surface area contributed by atoms with E-state index in [-0.39, 0.29) is 0 Å². The Morgan fingerprint density at radius 2 is 2.44 bits per heavy atom. The number of hydrogen-bond acceptors (Lipinski definition) is 4. The fraction of sp³-hybridized carbons (Fsp3) is 0.250. The van der Waals surface area contributed by atoms with Crippen molar-refractivity contribution in [2.24, 2.45) is 4.99 Å². The molecule has 1 heterocycles. The van der Waals surface area contributed by atoms with E-state index in [2.05, 4.69) is 19.9 Å². The van der Waals surface area contributed by atoms with Crippen LogP contribution in [0.1, 0.15) is 6.92 Å². The Hall–Kier alpha value is -1.13. The average molecular weight is 123 g/mol. The van der Waals surface area contributed by atoms with Crippen LogP contribution >= 0.6 is 0 Å². The Labute approximate surface area is 53.3 Å². The summed E-state index contributed by atoms with van der Waals surface area (Å²) in [6.45, 7) is 1.81. The smallest absolute Gasteiger partial charge is 0.209 e. The molecular formula is C4H6BN3O. The highest BCUT2D eigenvalue weighted by Gasteiger charge is 1.98. The molecule has 4 nitrogen and oxygen atoms in total. The molecule has 0 atom stereocenters. The summed E-state index contributed by atoms with van der Waals surface area (Å²) in [5, 5.41) is 7.06. The van der Waals surface area contributed by atoms with Gasteiger partial charge in [0.15, 0.2) is 7.85 Å². The number of nitrogens with zero attached hydrogens (tertiary/aromatic N) is 3. The van der Waals surface area contributed by atoms with Gasteiger partial charge in [0.2, 0.25) is 5.82 Å². The molecule has 0 bridgehead atoms. The van der Waals surface area contributed by atoms with Crippen LogP contribution in [0, 0.1) is 0 Å². The summed E-state index contributed by atoms with van der Waals surface area (Å²) >= 11 is 0. The third-order valence-electron chi connectivity index (χ3n) is 0.880. The molecule has 0 saturated heterocycles. The molecule has 1 rings (SSSR count). The fourth-order valence-electron chi connectivity index (χ4n) is 0.466. The van der Waals surface area contributed by atoms with Crippen molar-refractivity contribution in [3.05, 3.63) is 0 Å². The van der Waals surface area contributed by atoms with Gasteiger partial charge in [-0.1, -0.05) is 5.16 Å². The van der Waals surface area contributed by atoms with Crippen molar-refractivity contribution in [2.75, 3.05) is 0 Å². The van der Waals surface area contributed by atoms with Crippen molar-refractivity contribution < 1.29 is 4.63 Å². The topological polar surface area (TPSA) is 51.3 Å². The molecule has 5 heteroatoms. The largest absolute Gasteiger partial charge is 0.243 e. The lowest BCUT2D eigenvalue weighted by atomic mass is 10.1. The highest BCUT2D eigenvalue weighted by Crippen LogP contribution is 1.96. The van der Waals surface area contributed by atoms with Gasteiger partial charge >= 0.3 is 0 Å². The highest BCUT2D eigenvalue weighted by atomic mass is 16.6. The minimum atomic E-state index is 0.553. The van der Waals surface area contributed by atoms with Gasteiger partial charge in [-0.3, -0.25) is 0 Å². The van der Waals surface area contributed by atoms with E-state index >= 15 is 0 Å². The lowest BCUT2D eigenvalue weighted by Gasteiger charge is -1.77. The zero-order valence-electron chi connectivity index (χ0n) is 5.33. The van der Waals surface area contributed by atoms with E-state index in [9.17, 15) is 0 Å². The van der Waals surface area contributed by atoms with E-state index in [4.69, 9.17) is 0 Å². The van der Waals surface area contributed by atoms with Gasteiger partial charge in [0.1, 0.15) is 0 Å². The number of aromatic nitrogens is 2. The first-order chi connectivity index (χ1) is 4.34. The van der Waals surface area contributed by atoms with E-state index < -0.39 is 0 Å². The second-order valence-corrected chi connectivity index (χ2v) is 1.56. The molecule has 1 aromatic heterocycles. The van der Waals surface area contributed by atoms with E-state index in [1.165, 1.54) is 0 Å². The Morgan fingerprint density at radius 1 is 1.67 bits per heavy atom. The van der Waals surface area contributed by atoms with Gasteiger partial charge in [-0.15, -0.1) is 0 Å². The Morgan fingerprint density at radius 3 is 2.89 bits per heavy atom. The highest BCUT2D eigenvalue weighted by molar-refractivity contribution is 6.33. The molecule has 0 fully saturated rings. The summed E-state index contributed by atoms with van der Waals surface area (Å²) in [5.74, 6) is 0.553. The fourth-order valence-corrected chi connectivity index (χ4v) is 0.466. The maximum Gasteiger partial charge on any atom is 0.209 e. The van der Waals surface area contributed by atoms with Crippen LogP contribution < -0.4 is 5.59 Å².